The Bertz CT molecular complexity index is 1070. The molecule has 1 aliphatic rings. The Labute approximate surface area is 228 Å². The summed E-state index contributed by atoms with van der Waals surface area (Å²) in [5, 5.41) is 20.8. The van der Waals surface area contributed by atoms with Gasteiger partial charge in [-0.25, -0.2) is 4.79 Å². The molecule has 0 spiro atoms. The molecule has 0 aromatic carbocycles. The van der Waals surface area contributed by atoms with E-state index in [0.717, 1.165) is 0 Å². The standard InChI is InChI=1S/C26H45N3O7Si2/c1-16(2)37(33,17(3)4)36-38(18(5)6,19(7)8)35-23-22(14-30)34-24(26(23,10)15-27)29-12-11-21(13-20(9)31)28-25(29)32/h11-12,16-19,22-24,30,33H,13-14H2,1-10H3/t22-,23-,24-,26-/m1/s1. The topological polar surface area (TPSA) is 144 Å². The van der Waals surface area contributed by atoms with Gasteiger partial charge >= 0.3 is 22.8 Å². The van der Waals surface area contributed by atoms with Crippen molar-refractivity contribution in [1.82, 2.24) is 9.55 Å². The predicted molar refractivity (Wildman–Crippen MR) is 148 cm³/mol. The van der Waals surface area contributed by atoms with E-state index in [-0.39, 0.29) is 34.4 Å². The summed E-state index contributed by atoms with van der Waals surface area (Å²) in [5.41, 5.74) is -2.14. The maximum Gasteiger partial charge on any atom is 0.349 e. The molecule has 12 heteroatoms. The molecule has 0 amide bonds. The van der Waals surface area contributed by atoms with Crippen LogP contribution in [0.15, 0.2) is 17.1 Å². The van der Waals surface area contributed by atoms with E-state index in [2.05, 4.69) is 11.1 Å². The van der Waals surface area contributed by atoms with E-state index < -0.39 is 53.3 Å². The number of hydrogen-bond donors (Lipinski definition) is 2. The average molecular weight is 568 g/mol. The summed E-state index contributed by atoms with van der Waals surface area (Å²) in [6.45, 7) is 18.4. The van der Waals surface area contributed by atoms with Gasteiger partial charge in [-0.2, -0.15) is 10.2 Å². The number of Topliss-reactive ketones (excluding diaryl/α,β-unsaturated/α-hetero) is 1. The van der Waals surface area contributed by atoms with Crippen LogP contribution in [0.4, 0.5) is 0 Å². The minimum absolute atomic E-state index is 0.0227. The SMILES string of the molecule is CC(=O)Cc1ccn([C@@H]2O[C@H](CO)[C@@H](O[Si](O[Si](O)(C(C)C)C(C)C)(C(C)C)C(C)C)[C@@]2(C)C#N)c(=O)n1. The van der Waals surface area contributed by atoms with Gasteiger partial charge in [0.25, 0.3) is 0 Å². The molecule has 1 aromatic rings. The molecule has 0 radical (unpaired) electrons. The lowest BCUT2D eigenvalue weighted by atomic mass is 9.84. The summed E-state index contributed by atoms with van der Waals surface area (Å²) in [6, 6.07) is 3.85. The van der Waals surface area contributed by atoms with Gasteiger partial charge in [-0.05, 0) is 42.1 Å². The highest BCUT2D eigenvalue weighted by Crippen LogP contribution is 2.50. The third-order valence-corrected chi connectivity index (χ3v) is 17.4. The van der Waals surface area contributed by atoms with E-state index in [1.54, 1.807) is 13.0 Å². The molecule has 0 bridgehead atoms. The molecule has 0 saturated carbocycles. The predicted octanol–water partition coefficient (Wildman–Crippen LogP) is 3.71. The van der Waals surface area contributed by atoms with E-state index in [1.807, 2.05) is 55.4 Å². The molecule has 0 unspecified atom stereocenters. The zero-order valence-electron chi connectivity index (χ0n) is 24.4. The van der Waals surface area contributed by atoms with Crippen molar-refractivity contribution in [1.29, 1.82) is 5.26 Å². The molecular weight excluding hydrogens is 522 g/mol. The van der Waals surface area contributed by atoms with Gasteiger partial charge in [-0.15, -0.1) is 0 Å². The lowest BCUT2D eigenvalue weighted by Gasteiger charge is -2.48. The fourth-order valence-corrected chi connectivity index (χ4v) is 15.3. The van der Waals surface area contributed by atoms with E-state index in [1.165, 1.54) is 17.7 Å². The van der Waals surface area contributed by atoms with Gasteiger partial charge in [-0.3, -0.25) is 9.36 Å². The number of aliphatic hydroxyl groups is 1. The molecule has 0 aliphatic carbocycles. The van der Waals surface area contributed by atoms with Crippen molar-refractivity contribution < 1.29 is 28.0 Å². The molecule has 2 rings (SSSR count). The van der Waals surface area contributed by atoms with Crippen LogP contribution in [-0.2, 0) is 24.5 Å². The van der Waals surface area contributed by atoms with Crippen molar-refractivity contribution in [3.8, 4) is 6.07 Å². The molecule has 2 heterocycles. The molecule has 10 nitrogen and oxygen atoms in total. The van der Waals surface area contributed by atoms with Crippen LogP contribution in [0.5, 0.6) is 0 Å². The second-order valence-electron chi connectivity index (χ2n) is 11.8. The van der Waals surface area contributed by atoms with Crippen molar-refractivity contribution in [3.05, 3.63) is 28.4 Å². The molecule has 1 aromatic heterocycles. The van der Waals surface area contributed by atoms with Crippen molar-refractivity contribution in [3.63, 3.8) is 0 Å². The van der Waals surface area contributed by atoms with Crippen molar-refractivity contribution in [2.75, 3.05) is 6.61 Å². The summed E-state index contributed by atoms with van der Waals surface area (Å²) in [7, 11) is -6.56. The van der Waals surface area contributed by atoms with Gasteiger partial charge in [0, 0.05) is 12.6 Å². The summed E-state index contributed by atoms with van der Waals surface area (Å²) >= 11 is 0. The zero-order chi connectivity index (χ0) is 29.2. The zero-order valence-corrected chi connectivity index (χ0v) is 26.4. The van der Waals surface area contributed by atoms with E-state index in [0.29, 0.717) is 5.69 Å². The van der Waals surface area contributed by atoms with Crippen LogP contribution in [0.3, 0.4) is 0 Å². The minimum atomic E-state index is -3.28. The number of rotatable bonds is 12. The second-order valence-corrected chi connectivity index (χ2v) is 20.4. The highest BCUT2D eigenvalue weighted by atomic mass is 28.5. The molecule has 1 fully saturated rings. The highest BCUT2D eigenvalue weighted by molar-refractivity contribution is 6.83. The molecular formula is C26H45N3O7Si2. The van der Waals surface area contributed by atoms with Gasteiger partial charge in [0.2, 0.25) is 0 Å². The smallest absolute Gasteiger partial charge is 0.349 e. The van der Waals surface area contributed by atoms with E-state index in [9.17, 15) is 24.8 Å². The lowest BCUT2D eigenvalue weighted by Crippen LogP contribution is -2.62. The summed E-state index contributed by atoms with van der Waals surface area (Å²) in [6.07, 6.45) is -1.48. The molecule has 1 saturated heterocycles. The number of ketones is 1. The molecule has 4 atom stereocenters. The first kappa shape index (κ1) is 32.5. The Morgan fingerprint density at radius 3 is 2.13 bits per heavy atom. The molecule has 2 N–H and O–H groups in total. The molecule has 1 aliphatic heterocycles. The van der Waals surface area contributed by atoms with Crippen molar-refractivity contribution in [2.24, 2.45) is 5.41 Å². The molecule has 214 valence electrons. The number of carbonyl (C=O) groups is 1. The quantitative estimate of drug-likeness (QED) is 0.361. The number of nitriles is 1. The van der Waals surface area contributed by atoms with Gasteiger partial charge in [0.15, 0.2) is 6.23 Å². The normalized spacial score (nSPS) is 24.6. The van der Waals surface area contributed by atoms with Crippen LogP contribution in [-0.4, -0.2) is 61.2 Å². The Morgan fingerprint density at radius 1 is 1.18 bits per heavy atom. The van der Waals surface area contributed by atoms with Crippen LogP contribution >= 0.6 is 0 Å². The van der Waals surface area contributed by atoms with Gasteiger partial charge in [-0.1, -0.05) is 55.4 Å². The Kier molecular flexibility index (Phi) is 10.4. The molecule has 38 heavy (non-hydrogen) atoms. The van der Waals surface area contributed by atoms with E-state index >= 15 is 0 Å². The lowest BCUT2D eigenvalue weighted by molar-refractivity contribution is -0.116. The fraction of sp³-hybridized carbons (Fsp3) is 0.769. The first-order chi connectivity index (χ1) is 17.5. The van der Waals surface area contributed by atoms with Gasteiger partial charge in [0.05, 0.1) is 24.5 Å². The maximum atomic E-state index is 13.0. The number of aromatic nitrogens is 2. The number of ether oxygens (including phenoxy) is 1. The third-order valence-electron chi connectivity index (χ3n) is 7.63. The van der Waals surface area contributed by atoms with Gasteiger partial charge in [0.1, 0.15) is 17.3 Å². The maximum absolute atomic E-state index is 13.0. The Hall–Kier alpha value is -1.73. The minimum Gasteiger partial charge on any atom is -0.414 e. The fourth-order valence-electron chi connectivity index (χ4n) is 5.25. The summed E-state index contributed by atoms with van der Waals surface area (Å²) in [4.78, 5) is 40.2. The number of nitrogens with zero attached hydrogens (tertiary/aromatic N) is 3. The van der Waals surface area contributed by atoms with Crippen LogP contribution in [0.25, 0.3) is 0 Å². The van der Waals surface area contributed by atoms with Crippen LogP contribution in [0.2, 0.25) is 22.2 Å². The largest absolute Gasteiger partial charge is 0.414 e. The summed E-state index contributed by atoms with van der Waals surface area (Å²) < 4.78 is 21.1. The van der Waals surface area contributed by atoms with Crippen LogP contribution in [0.1, 0.15) is 81.2 Å². The number of aliphatic hydroxyl groups excluding tert-OH is 1. The van der Waals surface area contributed by atoms with E-state index in [4.69, 9.17) is 13.3 Å². The third kappa shape index (κ3) is 6.04. The Balaban J connectivity index is 2.63. The average Bonchev–Trinajstić information content (AvgIpc) is 3.09. The second kappa shape index (κ2) is 12.2. The van der Waals surface area contributed by atoms with Crippen molar-refractivity contribution in [2.45, 2.75) is 116 Å². The Morgan fingerprint density at radius 2 is 1.74 bits per heavy atom. The van der Waals surface area contributed by atoms with Crippen LogP contribution < -0.4 is 5.69 Å². The highest BCUT2D eigenvalue weighted by Gasteiger charge is 2.62. The number of hydrogen-bond acceptors (Lipinski definition) is 9. The van der Waals surface area contributed by atoms with Crippen molar-refractivity contribution >= 4 is 22.9 Å². The van der Waals surface area contributed by atoms with Crippen LogP contribution in [0, 0.1) is 16.7 Å². The van der Waals surface area contributed by atoms with Gasteiger partial charge < -0.3 is 23.2 Å². The monoisotopic (exact) mass is 567 g/mol. The first-order valence-electron chi connectivity index (χ1n) is 13.3. The first-order valence-corrected chi connectivity index (χ1v) is 17.3. The number of carbonyl (C=O) groups excluding carboxylic acids is 1. The summed E-state index contributed by atoms with van der Waals surface area (Å²) in [5.74, 6) is -0.127.